The number of guanidine groups is 1. The molecule has 2 N–H and O–H groups in total. The average molecular weight is 392 g/mol. The predicted molar refractivity (Wildman–Crippen MR) is 89.6 cm³/mol. The van der Waals surface area contributed by atoms with Crippen LogP contribution in [0.1, 0.15) is 11.3 Å². The van der Waals surface area contributed by atoms with Crippen molar-refractivity contribution in [3.8, 4) is 0 Å². The molecule has 1 aromatic heterocycles. The highest BCUT2D eigenvalue weighted by Crippen LogP contribution is 2.01. The maximum Gasteiger partial charge on any atom is 0.255 e. The number of aryl methyl sites for hydroxylation is 1. The minimum Gasteiger partial charge on any atom is -0.378 e. The van der Waals surface area contributed by atoms with Crippen LogP contribution in [0, 0.1) is 6.92 Å². The van der Waals surface area contributed by atoms with E-state index < -0.39 is 0 Å². The molecule has 1 aliphatic rings. The molecule has 0 aliphatic carbocycles. The highest BCUT2D eigenvalue weighted by molar-refractivity contribution is 14.0. The van der Waals surface area contributed by atoms with E-state index in [-0.39, 0.29) is 29.5 Å². The largest absolute Gasteiger partial charge is 0.378 e. The monoisotopic (exact) mass is 392 g/mol. The minimum absolute atomic E-state index is 0. The van der Waals surface area contributed by atoms with Gasteiger partial charge >= 0.3 is 0 Å². The number of morpholine rings is 1. The van der Waals surface area contributed by atoms with E-state index in [1.165, 1.54) is 0 Å². The van der Waals surface area contributed by atoms with Crippen LogP contribution >= 0.6 is 24.0 Å². The first kappa shape index (κ1) is 17.0. The van der Waals surface area contributed by atoms with Crippen LogP contribution in [0.25, 0.3) is 0 Å². The van der Waals surface area contributed by atoms with E-state index in [1.807, 2.05) is 24.0 Å². The van der Waals surface area contributed by atoms with Gasteiger partial charge in [-0.2, -0.15) is 0 Å². The fraction of sp³-hybridized carbons (Fsp3) is 0.538. The zero-order valence-corrected chi connectivity index (χ0v) is 14.2. The number of nitrogens with two attached hydrogens (primary N) is 1. The normalized spacial score (nSPS) is 15.9. The Morgan fingerprint density at radius 2 is 2.05 bits per heavy atom. The zero-order chi connectivity index (χ0) is 13.8. The van der Waals surface area contributed by atoms with Gasteiger partial charge in [0.15, 0.2) is 5.96 Å². The lowest BCUT2D eigenvalue weighted by Crippen LogP contribution is -2.44. The predicted octanol–water partition coefficient (Wildman–Crippen LogP) is 0.459. The molecule has 6 nitrogen and oxygen atoms in total. The molecule has 0 aromatic carbocycles. The van der Waals surface area contributed by atoms with Crippen molar-refractivity contribution in [3.05, 3.63) is 33.7 Å². The zero-order valence-electron chi connectivity index (χ0n) is 11.8. The fourth-order valence-corrected chi connectivity index (χ4v) is 1.96. The van der Waals surface area contributed by atoms with Crippen LogP contribution in [-0.4, -0.2) is 41.7 Å². The fourth-order valence-electron chi connectivity index (χ4n) is 1.96. The average Bonchev–Trinajstić information content (AvgIpc) is 2.45. The molecule has 0 bridgehead atoms. The Hall–Kier alpha value is -1.09. The number of nitrogens with zero attached hydrogens (tertiary/aromatic N) is 3. The second-order valence-corrected chi connectivity index (χ2v) is 4.64. The van der Waals surface area contributed by atoms with Crippen LogP contribution < -0.4 is 11.3 Å². The van der Waals surface area contributed by atoms with E-state index in [4.69, 9.17) is 10.5 Å². The Balaban J connectivity index is 0.00000200. The van der Waals surface area contributed by atoms with Crippen LogP contribution in [0.5, 0.6) is 0 Å². The second kappa shape index (κ2) is 7.63. The van der Waals surface area contributed by atoms with Gasteiger partial charge in [0.1, 0.15) is 0 Å². The second-order valence-electron chi connectivity index (χ2n) is 4.64. The molecular weight excluding hydrogens is 371 g/mol. The van der Waals surface area contributed by atoms with E-state index in [2.05, 4.69) is 4.99 Å². The molecule has 0 amide bonds. The molecule has 1 aromatic rings. The molecule has 7 heteroatoms. The summed E-state index contributed by atoms with van der Waals surface area (Å²) in [5.74, 6) is 0.478. The molecule has 1 saturated heterocycles. The van der Waals surface area contributed by atoms with Crippen molar-refractivity contribution in [2.45, 2.75) is 13.5 Å². The van der Waals surface area contributed by atoms with Gasteiger partial charge in [-0.05, 0) is 19.1 Å². The molecule has 20 heavy (non-hydrogen) atoms. The van der Waals surface area contributed by atoms with Crippen molar-refractivity contribution in [3.63, 3.8) is 0 Å². The highest BCUT2D eigenvalue weighted by Gasteiger charge is 2.12. The molecule has 1 aliphatic heterocycles. The lowest BCUT2D eigenvalue weighted by atomic mass is 10.2. The summed E-state index contributed by atoms with van der Waals surface area (Å²) in [5.41, 5.74) is 7.50. The Morgan fingerprint density at radius 3 is 2.70 bits per heavy atom. The van der Waals surface area contributed by atoms with E-state index in [0.717, 1.165) is 18.8 Å². The lowest BCUT2D eigenvalue weighted by Gasteiger charge is -2.27. The summed E-state index contributed by atoms with van der Waals surface area (Å²) in [6.07, 6.45) is 0. The summed E-state index contributed by atoms with van der Waals surface area (Å²) in [5, 5.41) is 0. The Kier molecular flexibility index (Phi) is 6.47. The number of aromatic nitrogens is 1. The molecule has 112 valence electrons. The van der Waals surface area contributed by atoms with Gasteiger partial charge in [-0.1, -0.05) is 0 Å². The smallest absolute Gasteiger partial charge is 0.255 e. The van der Waals surface area contributed by atoms with Crippen molar-refractivity contribution < 1.29 is 4.74 Å². The maximum absolute atomic E-state index is 12.0. The molecule has 2 heterocycles. The molecule has 0 saturated carbocycles. The van der Waals surface area contributed by atoms with Crippen molar-refractivity contribution >= 4 is 29.9 Å². The van der Waals surface area contributed by atoms with Crippen LogP contribution in [0.3, 0.4) is 0 Å². The van der Waals surface area contributed by atoms with Gasteiger partial charge < -0.3 is 19.9 Å². The van der Waals surface area contributed by atoms with Crippen molar-refractivity contribution in [2.75, 3.05) is 26.3 Å². The van der Waals surface area contributed by atoms with E-state index in [9.17, 15) is 4.79 Å². The van der Waals surface area contributed by atoms with E-state index in [1.54, 1.807) is 11.6 Å². The first-order chi connectivity index (χ1) is 9.09. The van der Waals surface area contributed by atoms with Gasteiger partial charge in [0.25, 0.3) is 5.56 Å². The third kappa shape index (κ3) is 3.95. The molecule has 1 fully saturated rings. The van der Waals surface area contributed by atoms with E-state index in [0.29, 0.717) is 31.3 Å². The number of aliphatic imine (C=N–C) groups is 1. The topological polar surface area (TPSA) is 72.8 Å². The van der Waals surface area contributed by atoms with Crippen molar-refractivity contribution in [1.82, 2.24) is 9.47 Å². The minimum atomic E-state index is -0.0153. The Labute approximate surface area is 135 Å². The first-order valence-electron chi connectivity index (χ1n) is 6.37. The standard InChI is InChI=1S/C13H20N4O2.HI/c1-10-3-4-11(12(18)16(10)2)9-15-13(14)17-5-7-19-8-6-17;/h3-4H,5-9H2,1-2H3,(H2,14,15);1H. The molecular formula is C13H21IN4O2. The summed E-state index contributed by atoms with van der Waals surface area (Å²) >= 11 is 0. The van der Waals surface area contributed by atoms with Crippen LogP contribution in [0.4, 0.5) is 0 Å². The van der Waals surface area contributed by atoms with Gasteiger partial charge in [0, 0.05) is 31.4 Å². The van der Waals surface area contributed by atoms with Crippen LogP contribution in [0.2, 0.25) is 0 Å². The molecule has 0 atom stereocenters. The molecule has 0 radical (unpaired) electrons. The lowest BCUT2D eigenvalue weighted by molar-refractivity contribution is 0.0674. The summed E-state index contributed by atoms with van der Waals surface area (Å²) in [6.45, 7) is 5.06. The summed E-state index contributed by atoms with van der Waals surface area (Å²) in [4.78, 5) is 18.3. The molecule has 2 rings (SSSR count). The third-order valence-electron chi connectivity index (χ3n) is 3.38. The molecule has 0 unspecified atom stereocenters. The number of rotatable bonds is 2. The van der Waals surface area contributed by atoms with Gasteiger partial charge in [-0.15, -0.1) is 24.0 Å². The highest BCUT2D eigenvalue weighted by atomic mass is 127. The first-order valence-corrected chi connectivity index (χ1v) is 6.37. The summed E-state index contributed by atoms with van der Waals surface area (Å²) in [7, 11) is 1.76. The van der Waals surface area contributed by atoms with Gasteiger partial charge in [0.2, 0.25) is 0 Å². The van der Waals surface area contributed by atoms with Crippen molar-refractivity contribution in [1.29, 1.82) is 0 Å². The molecule has 0 spiro atoms. The maximum atomic E-state index is 12.0. The number of hydrogen-bond acceptors (Lipinski definition) is 3. The third-order valence-corrected chi connectivity index (χ3v) is 3.38. The SMILES string of the molecule is Cc1ccc(CN=C(N)N2CCOCC2)c(=O)n1C.I. The number of pyridine rings is 1. The summed E-state index contributed by atoms with van der Waals surface area (Å²) in [6, 6.07) is 3.73. The number of hydrogen-bond donors (Lipinski definition) is 1. The van der Waals surface area contributed by atoms with Gasteiger partial charge in [-0.25, -0.2) is 4.99 Å². The Morgan fingerprint density at radius 1 is 1.40 bits per heavy atom. The van der Waals surface area contributed by atoms with Crippen LogP contribution in [0.15, 0.2) is 21.9 Å². The quantitative estimate of drug-likeness (QED) is 0.451. The van der Waals surface area contributed by atoms with Gasteiger partial charge in [0.05, 0.1) is 19.8 Å². The van der Waals surface area contributed by atoms with Crippen LogP contribution in [-0.2, 0) is 18.3 Å². The van der Waals surface area contributed by atoms with Crippen molar-refractivity contribution in [2.24, 2.45) is 17.8 Å². The van der Waals surface area contributed by atoms with Gasteiger partial charge in [-0.3, -0.25) is 4.79 Å². The van der Waals surface area contributed by atoms with E-state index >= 15 is 0 Å². The Bertz CT molecular complexity index is 536. The number of ether oxygens (including phenoxy) is 1. The summed E-state index contributed by atoms with van der Waals surface area (Å²) < 4.78 is 6.88. The number of halogens is 1.